The molecule has 0 unspecified atom stereocenters. The van der Waals surface area contributed by atoms with Crippen LogP contribution in [0.2, 0.25) is 0 Å². The molecule has 0 aliphatic heterocycles. The second-order valence-corrected chi connectivity index (χ2v) is 4.79. The second kappa shape index (κ2) is 4.41. The van der Waals surface area contributed by atoms with E-state index in [4.69, 9.17) is 12.2 Å². The molecule has 0 atom stereocenters. The summed E-state index contributed by atoms with van der Waals surface area (Å²) in [5.41, 5.74) is 3.01. The highest BCUT2D eigenvalue weighted by atomic mass is 32.1. The zero-order valence-corrected chi connectivity index (χ0v) is 11.3. The number of H-pyrrole nitrogens is 1. The second-order valence-electron chi connectivity index (χ2n) is 4.40. The fraction of sp³-hybridized carbons (Fsp3) is 0.417. The number of aryl methyl sites for hydroxylation is 2. The highest BCUT2D eigenvalue weighted by Gasteiger charge is 2.13. The van der Waals surface area contributed by atoms with Gasteiger partial charge in [-0.05, 0) is 52.0 Å². The van der Waals surface area contributed by atoms with Gasteiger partial charge < -0.3 is 0 Å². The van der Waals surface area contributed by atoms with E-state index < -0.39 is 0 Å². The van der Waals surface area contributed by atoms with Crippen molar-refractivity contribution in [2.45, 2.75) is 33.7 Å². The number of aromatic amines is 1. The molecule has 5 heteroatoms. The largest absolute Gasteiger partial charge is 0.298 e. The summed E-state index contributed by atoms with van der Waals surface area (Å²) in [7, 11) is 0. The van der Waals surface area contributed by atoms with Crippen LogP contribution in [0.5, 0.6) is 0 Å². The number of aromatic nitrogens is 4. The SMILES string of the molecule is Cc1ccc(-c2n[nH]c(=S)n2C(C)C)c(C)n1. The van der Waals surface area contributed by atoms with Crippen LogP contribution in [-0.4, -0.2) is 19.7 Å². The van der Waals surface area contributed by atoms with Crippen molar-refractivity contribution in [2.24, 2.45) is 0 Å². The molecule has 0 spiro atoms. The summed E-state index contributed by atoms with van der Waals surface area (Å²) in [6.07, 6.45) is 0. The third kappa shape index (κ3) is 2.15. The molecule has 0 aliphatic carbocycles. The first-order valence-electron chi connectivity index (χ1n) is 5.62. The van der Waals surface area contributed by atoms with Crippen molar-refractivity contribution in [1.29, 1.82) is 0 Å². The van der Waals surface area contributed by atoms with Gasteiger partial charge in [-0.25, -0.2) is 0 Å². The van der Waals surface area contributed by atoms with E-state index in [9.17, 15) is 0 Å². The van der Waals surface area contributed by atoms with Gasteiger partial charge in [0.25, 0.3) is 0 Å². The van der Waals surface area contributed by atoms with E-state index in [1.807, 2.05) is 30.5 Å². The third-order valence-electron chi connectivity index (χ3n) is 2.69. The Morgan fingerprint density at radius 1 is 1.29 bits per heavy atom. The molecule has 0 bridgehead atoms. The lowest BCUT2D eigenvalue weighted by molar-refractivity contribution is 0.596. The number of nitrogens with zero attached hydrogens (tertiary/aromatic N) is 3. The van der Waals surface area contributed by atoms with Gasteiger partial charge in [-0.1, -0.05) is 0 Å². The zero-order valence-electron chi connectivity index (χ0n) is 10.5. The fourth-order valence-electron chi connectivity index (χ4n) is 1.90. The number of pyridine rings is 1. The van der Waals surface area contributed by atoms with Crippen molar-refractivity contribution >= 4 is 12.2 Å². The van der Waals surface area contributed by atoms with Gasteiger partial charge in [0.15, 0.2) is 10.6 Å². The van der Waals surface area contributed by atoms with Gasteiger partial charge in [-0.2, -0.15) is 5.10 Å². The molecular weight excluding hydrogens is 232 g/mol. The lowest BCUT2D eigenvalue weighted by atomic mass is 10.1. The Hall–Kier alpha value is -1.49. The molecule has 4 nitrogen and oxygen atoms in total. The van der Waals surface area contributed by atoms with Crippen molar-refractivity contribution in [3.8, 4) is 11.4 Å². The van der Waals surface area contributed by atoms with Crippen LogP contribution in [0.3, 0.4) is 0 Å². The molecule has 0 aliphatic rings. The van der Waals surface area contributed by atoms with Crippen LogP contribution in [0.15, 0.2) is 12.1 Å². The minimum Gasteiger partial charge on any atom is -0.298 e. The maximum atomic E-state index is 5.24. The van der Waals surface area contributed by atoms with E-state index in [0.29, 0.717) is 4.77 Å². The third-order valence-corrected chi connectivity index (χ3v) is 2.97. The number of nitrogens with one attached hydrogen (secondary N) is 1. The van der Waals surface area contributed by atoms with E-state index in [2.05, 4.69) is 29.0 Å². The molecule has 90 valence electrons. The maximum absolute atomic E-state index is 5.24. The van der Waals surface area contributed by atoms with Gasteiger partial charge in [0, 0.05) is 23.0 Å². The molecule has 0 aromatic carbocycles. The monoisotopic (exact) mass is 248 g/mol. The molecule has 17 heavy (non-hydrogen) atoms. The number of rotatable bonds is 2. The summed E-state index contributed by atoms with van der Waals surface area (Å²) in [6, 6.07) is 4.31. The average Bonchev–Trinajstić information content (AvgIpc) is 2.60. The van der Waals surface area contributed by atoms with E-state index >= 15 is 0 Å². The fourth-order valence-corrected chi connectivity index (χ4v) is 2.24. The Labute approximate surface area is 106 Å². The summed E-state index contributed by atoms with van der Waals surface area (Å²) in [4.78, 5) is 4.46. The van der Waals surface area contributed by atoms with Crippen LogP contribution in [-0.2, 0) is 0 Å². The molecule has 0 fully saturated rings. The minimum atomic E-state index is 0.275. The van der Waals surface area contributed by atoms with Crippen molar-refractivity contribution in [2.75, 3.05) is 0 Å². The topological polar surface area (TPSA) is 46.5 Å². The van der Waals surface area contributed by atoms with E-state index in [1.54, 1.807) is 0 Å². The van der Waals surface area contributed by atoms with Gasteiger partial charge in [0.1, 0.15) is 0 Å². The van der Waals surface area contributed by atoms with Gasteiger partial charge in [-0.15, -0.1) is 0 Å². The Balaban J connectivity index is 2.65. The van der Waals surface area contributed by atoms with Gasteiger partial charge in [0.05, 0.1) is 0 Å². The van der Waals surface area contributed by atoms with Crippen molar-refractivity contribution in [1.82, 2.24) is 19.7 Å². The summed E-state index contributed by atoms with van der Waals surface area (Å²) in [5.74, 6) is 0.856. The molecule has 2 aromatic rings. The highest BCUT2D eigenvalue weighted by molar-refractivity contribution is 7.71. The van der Waals surface area contributed by atoms with E-state index in [1.165, 1.54) is 0 Å². The van der Waals surface area contributed by atoms with Gasteiger partial charge >= 0.3 is 0 Å². The Morgan fingerprint density at radius 2 is 2.00 bits per heavy atom. The molecular formula is C12H16N4S. The summed E-state index contributed by atoms with van der Waals surface area (Å²) >= 11 is 5.24. The van der Waals surface area contributed by atoms with Crippen molar-refractivity contribution < 1.29 is 0 Å². The Bertz CT molecular complexity index is 595. The van der Waals surface area contributed by atoms with Gasteiger partial charge in [0.2, 0.25) is 0 Å². The van der Waals surface area contributed by atoms with Crippen LogP contribution in [0.1, 0.15) is 31.3 Å². The van der Waals surface area contributed by atoms with Crippen LogP contribution < -0.4 is 0 Å². The van der Waals surface area contributed by atoms with Crippen LogP contribution >= 0.6 is 12.2 Å². The van der Waals surface area contributed by atoms with E-state index in [0.717, 1.165) is 22.8 Å². The molecule has 0 saturated carbocycles. The normalized spacial score (nSPS) is 11.1. The lowest BCUT2D eigenvalue weighted by Crippen LogP contribution is -2.04. The Morgan fingerprint density at radius 3 is 2.59 bits per heavy atom. The predicted molar refractivity (Wildman–Crippen MR) is 70.5 cm³/mol. The standard InChI is InChI=1S/C12H16N4S/c1-7(2)16-11(14-15-12(16)17)10-6-5-8(3)13-9(10)4/h5-7H,1-4H3,(H,15,17). The first-order chi connectivity index (χ1) is 8.00. The Kier molecular flexibility index (Phi) is 3.11. The smallest absolute Gasteiger partial charge is 0.195 e. The zero-order chi connectivity index (χ0) is 12.6. The predicted octanol–water partition coefficient (Wildman–Crippen LogP) is 3.20. The molecule has 2 aromatic heterocycles. The summed E-state index contributed by atoms with van der Waals surface area (Å²) in [5, 5.41) is 7.15. The van der Waals surface area contributed by atoms with Crippen LogP contribution in [0, 0.1) is 18.6 Å². The van der Waals surface area contributed by atoms with E-state index in [-0.39, 0.29) is 6.04 Å². The number of hydrogen-bond acceptors (Lipinski definition) is 3. The first kappa shape index (κ1) is 12.0. The van der Waals surface area contributed by atoms with Gasteiger partial charge in [-0.3, -0.25) is 14.6 Å². The molecule has 2 rings (SSSR count). The molecule has 0 amide bonds. The summed E-state index contributed by atoms with van der Waals surface area (Å²) < 4.78 is 2.66. The van der Waals surface area contributed by atoms with Crippen LogP contribution in [0.4, 0.5) is 0 Å². The molecule has 1 N–H and O–H groups in total. The number of hydrogen-bond donors (Lipinski definition) is 1. The quantitative estimate of drug-likeness (QED) is 0.830. The summed E-state index contributed by atoms with van der Waals surface area (Å²) in [6.45, 7) is 8.15. The molecule has 0 saturated heterocycles. The highest BCUT2D eigenvalue weighted by Crippen LogP contribution is 2.23. The maximum Gasteiger partial charge on any atom is 0.195 e. The van der Waals surface area contributed by atoms with Crippen LogP contribution in [0.25, 0.3) is 11.4 Å². The first-order valence-corrected chi connectivity index (χ1v) is 6.03. The minimum absolute atomic E-state index is 0.275. The van der Waals surface area contributed by atoms with Crippen molar-refractivity contribution in [3.05, 3.63) is 28.3 Å². The molecule has 2 heterocycles. The van der Waals surface area contributed by atoms with Crippen molar-refractivity contribution in [3.63, 3.8) is 0 Å². The lowest BCUT2D eigenvalue weighted by Gasteiger charge is -2.11. The average molecular weight is 248 g/mol. The molecule has 0 radical (unpaired) electrons.